The van der Waals surface area contributed by atoms with Crippen LogP contribution in [-0.2, 0) is 9.59 Å². The zero-order valence-electron chi connectivity index (χ0n) is 15.5. The molecule has 1 heterocycles. The van der Waals surface area contributed by atoms with Crippen molar-refractivity contribution in [1.29, 1.82) is 0 Å². The third-order valence-electron chi connectivity index (χ3n) is 5.97. The molecule has 25 heavy (non-hydrogen) atoms. The lowest BCUT2D eigenvalue weighted by atomic mass is 9.93. The molecule has 136 valence electrons. The van der Waals surface area contributed by atoms with Gasteiger partial charge in [-0.05, 0) is 38.7 Å². The van der Waals surface area contributed by atoms with Crippen LogP contribution in [0.25, 0.3) is 0 Å². The Morgan fingerprint density at radius 1 is 1.16 bits per heavy atom. The highest BCUT2D eigenvalue weighted by molar-refractivity contribution is 5.94. The first-order chi connectivity index (χ1) is 12.0. The molecule has 2 atom stereocenters. The molecule has 0 aromatic heterocycles. The normalized spacial score (nSPS) is 26.3. The summed E-state index contributed by atoms with van der Waals surface area (Å²) >= 11 is 0. The highest BCUT2D eigenvalue weighted by Crippen LogP contribution is 2.38. The van der Waals surface area contributed by atoms with Crippen molar-refractivity contribution in [3.8, 4) is 0 Å². The summed E-state index contributed by atoms with van der Waals surface area (Å²) in [5, 5.41) is 3.27. The van der Waals surface area contributed by atoms with E-state index in [1.54, 1.807) is 0 Å². The Balaban J connectivity index is 1.77. The summed E-state index contributed by atoms with van der Waals surface area (Å²) in [7, 11) is 0. The van der Waals surface area contributed by atoms with Crippen LogP contribution in [-0.4, -0.2) is 28.3 Å². The van der Waals surface area contributed by atoms with Crippen LogP contribution >= 0.6 is 0 Å². The van der Waals surface area contributed by atoms with Crippen molar-refractivity contribution in [3.63, 3.8) is 0 Å². The van der Waals surface area contributed by atoms with Crippen LogP contribution in [0.15, 0.2) is 30.3 Å². The third kappa shape index (κ3) is 3.73. The fourth-order valence-corrected chi connectivity index (χ4v) is 4.38. The van der Waals surface area contributed by atoms with Crippen LogP contribution < -0.4 is 5.32 Å². The number of carbonyl (C=O) groups excluding carboxylic acids is 2. The minimum Gasteiger partial charge on any atom is -0.351 e. The Bertz CT molecular complexity index is 608. The van der Waals surface area contributed by atoms with E-state index in [0.29, 0.717) is 12.8 Å². The summed E-state index contributed by atoms with van der Waals surface area (Å²) in [4.78, 5) is 27.6. The van der Waals surface area contributed by atoms with E-state index < -0.39 is 5.54 Å². The first-order valence-corrected chi connectivity index (χ1v) is 9.70. The van der Waals surface area contributed by atoms with Gasteiger partial charge in [0.25, 0.3) is 0 Å². The molecular weight excluding hydrogens is 312 g/mol. The molecule has 1 saturated heterocycles. The highest BCUT2D eigenvalue weighted by Gasteiger charge is 2.49. The van der Waals surface area contributed by atoms with Gasteiger partial charge in [-0.2, -0.15) is 0 Å². The zero-order valence-corrected chi connectivity index (χ0v) is 15.5. The molecule has 2 fully saturated rings. The van der Waals surface area contributed by atoms with E-state index in [-0.39, 0.29) is 23.9 Å². The van der Waals surface area contributed by atoms with Crippen LogP contribution in [0.2, 0.25) is 0 Å². The number of benzene rings is 1. The van der Waals surface area contributed by atoms with E-state index in [4.69, 9.17) is 0 Å². The monoisotopic (exact) mass is 342 g/mol. The maximum absolute atomic E-state index is 13.1. The summed E-state index contributed by atoms with van der Waals surface area (Å²) in [6, 6.07) is 10.2. The summed E-state index contributed by atoms with van der Waals surface area (Å²) in [6.07, 6.45) is 8.06. The van der Waals surface area contributed by atoms with Crippen LogP contribution in [0, 0.1) is 0 Å². The third-order valence-corrected chi connectivity index (χ3v) is 5.97. The molecule has 3 rings (SSSR count). The second-order valence-corrected chi connectivity index (χ2v) is 7.79. The summed E-state index contributed by atoms with van der Waals surface area (Å²) in [5.74, 6) is 0.0999. The Morgan fingerprint density at radius 2 is 1.80 bits per heavy atom. The van der Waals surface area contributed by atoms with Gasteiger partial charge in [-0.1, -0.05) is 56.0 Å². The first-order valence-electron chi connectivity index (χ1n) is 9.70. The van der Waals surface area contributed by atoms with Crippen molar-refractivity contribution in [2.24, 2.45) is 0 Å². The molecular formula is C21H30N2O2. The first kappa shape index (κ1) is 18.0. The largest absolute Gasteiger partial charge is 0.351 e. The van der Waals surface area contributed by atoms with Gasteiger partial charge in [0, 0.05) is 12.5 Å². The number of nitrogens with zero attached hydrogens (tertiary/aromatic N) is 1. The van der Waals surface area contributed by atoms with E-state index in [9.17, 15) is 9.59 Å². The molecule has 0 radical (unpaired) electrons. The topological polar surface area (TPSA) is 49.4 Å². The number of hydrogen-bond donors (Lipinski definition) is 1. The summed E-state index contributed by atoms with van der Waals surface area (Å²) < 4.78 is 0. The van der Waals surface area contributed by atoms with Crippen molar-refractivity contribution in [3.05, 3.63) is 35.9 Å². The molecule has 4 nitrogen and oxygen atoms in total. The maximum atomic E-state index is 13.1. The Morgan fingerprint density at radius 3 is 2.44 bits per heavy atom. The Kier molecular flexibility index (Phi) is 5.45. The second kappa shape index (κ2) is 7.59. The van der Waals surface area contributed by atoms with Crippen molar-refractivity contribution in [1.82, 2.24) is 10.2 Å². The molecule has 1 saturated carbocycles. The number of hydrogen-bond acceptors (Lipinski definition) is 2. The van der Waals surface area contributed by atoms with Gasteiger partial charge in [0.2, 0.25) is 11.8 Å². The lowest BCUT2D eigenvalue weighted by molar-refractivity contribution is -0.143. The van der Waals surface area contributed by atoms with E-state index in [2.05, 4.69) is 5.32 Å². The summed E-state index contributed by atoms with van der Waals surface area (Å²) in [5.41, 5.74) is 0.324. The van der Waals surface area contributed by atoms with Gasteiger partial charge in [-0.15, -0.1) is 0 Å². The van der Waals surface area contributed by atoms with Gasteiger partial charge in [-0.3, -0.25) is 9.59 Å². The molecule has 1 N–H and O–H groups in total. The molecule has 1 aromatic rings. The van der Waals surface area contributed by atoms with E-state index >= 15 is 0 Å². The molecule has 2 amide bonds. The molecule has 0 bridgehead atoms. The predicted octanol–water partition coefficient (Wildman–Crippen LogP) is 3.97. The number of amides is 2. The molecule has 0 unspecified atom stereocenters. The van der Waals surface area contributed by atoms with E-state index in [1.807, 2.05) is 49.1 Å². The SMILES string of the molecule is C[C@H](c1ccccc1)N1C(=O)CC[C@@]1(C)C(=O)NC1CCCCCC1. The van der Waals surface area contributed by atoms with Crippen molar-refractivity contribution in [2.75, 3.05) is 0 Å². The van der Waals surface area contributed by atoms with Crippen LogP contribution in [0.4, 0.5) is 0 Å². The standard InChI is InChI=1S/C21H30N2O2/c1-16(17-10-6-5-7-11-17)23-19(24)14-15-21(23,2)20(25)22-18-12-8-3-4-9-13-18/h5-7,10-11,16,18H,3-4,8-9,12-15H2,1-2H3,(H,22,25)/t16-,21+/m1/s1. The van der Waals surface area contributed by atoms with Crippen molar-refractivity contribution >= 4 is 11.8 Å². The summed E-state index contributed by atoms with van der Waals surface area (Å²) in [6.45, 7) is 3.96. The number of likely N-dealkylation sites (tertiary alicyclic amines) is 1. The van der Waals surface area contributed by atoms with E-state index in [1.165, 1.54) is 25.7 Å². The van der Waals surface area contributed by atoms with Crippen LogP contribution in [0.5, 0.6) is 0 Å². The highest BCUT2D eigenvalue weighted by atomic mass is 16.2. The molecule has 4 heteroatoms. The van der Waals surface area contributed by atoms with Crippen molar-refractivity contribution in [2.45, 2.75) is 82.8 Å². The Hall–Kier alpha value is -1.84. The minimum absolute atomic E-state index is 0.0213. The van der Waals surface area contributed by atoms with Gasteiger partial charge in [0.15, 0.2) is 0 Å². The lowest BCUT2D eigenvalue weighted by Gasteiger charge is -2.39. The minimum atomic E-state index is -0.751. The number of nitrogens with one attached hydrogen (secondary N) is 1. The smallest absolute Gasteiger partial charge is 0.245 e. The Labute approximate surface area is 151 Å². The number of rotatable bonds is 4. The maximum Gasteiger partial charge on any atom is 0.245 e. The molecule has 1 aliphatic carbocycles. The second-order valence-electron chi connectivity index (χ2n) is 7.79. The van der Waals surface area contributed by atoms with Crippen LogP contribution in [0.3, 0.4) is 0 Å². The average Bonchev–Trinajstić information content (AvgIpc) is 2.79. The predicted molar refractivity (Wildman–Crippen MR) is 99.0 cm³/mol. The lowest BCUT2D eigenvalue weighted by Crippen LogP contribution is -2.56. The fourth-order valence-electron chi connectivity index (χ4n) is 4.38. The zero-order chi connectivity index (χ0) is 17.9. The molecule has 0 spiro atoms. The van der Waals surface area contributed by atoms with Gasteiger partial charge in [0.05, 0.1) is 6.04 Å². The molecule has 2 aliphatic rings. The number of carbonyl (C=O) groups is 2. The molecule has 1 aliphatic heterocycles. The van der Waals surface area contributed by atoms with Gasteiger partial charge >= 0.3 is 0 Å². The average molecular weight is 342 g/mol. The quantitative estimate of drug-likeness (QED) is 0.842. The van der Waals surface area contributed by atoms with Crippen LogP contribution in [0.1, 0.15) is 76.8 Å². The van der Waals surface area contributed by atoms with Gasteiger partial charge < -0.3 is 10.2 Å². The molecule has 1 aromatic carbocycles. The van der Waals surface area contributed by atoms with Gasteiger partial charge in [-0.25, -0.2) is 0 Å². The fraction of sp³-hybridized carbons (Fsp3) is 0.619. The van der Waals surface area contributed by atoms with Crippen molar-refractivity contribution < 1.29 is 9.59 Å². The van der Waals surface area contributed by atoms with E-state index in [0.717, 1.165) is 18.4 Å². The van der Waals surface area contributed by atoms with Gasteiger partial charge in [0.1, 0.15) is 5.54 Å².